The minimum absolute atomic E-state index is 0.0832. The van der Waals surface area contributed by atoms with Crippen LogP contribution in [0.5, 0.6) is 5.75 Å². The van der Waals surface area contributed by atoms with E-state index in [9.17, 15) is 18.0 Å². The molecule has 0 atom stereocenters. The Kier molecular flexibility index (Phi) is 5.04. The zero-order valence-corrected chi connectivity index (χ0v) is 11.6. The van der Waals surface area contributed by atoms with Gasteiger partial charge in [-0.2, -0.15) is 13.2 Å². The van der Waals surface area contributed by atoms with Crippen LogP contribution in [0.3, 0.4) is 0 Å². The molecule has 0 aromatic heterocycles. The second-order valence-corrected chi connectivity index (χ2v) is 4.50. The molecule has 22 heavy (non-hydrogen) atoms. The minimum atomic E-state index is -4.40. The van der Waals surface area contributed by atoms with Crippen LogP contribution < -0.4 is 10.1 Å². The van der Waals surface area contributed by atoms with Gasteiger partial charge in [-0.05, 0) is 30.3 Å². The van der Waals surface area contributed by atoms with Gasteiger partial charge in [-0.15, -0.1) is 0 Å². The molecule has 2 rings (SSSR count). The highest BCUT2D eigenvalue weighted by Gasteiger charge is 2.30. The van der Waals surface area contributed by atoms with Gasteiger partial charge in [-0.1, -0.05) is 24.3 Å². The summed E-state index contributed by atoms with van der Waals surface area (Å²) in [5.74, 6) is -0.142. The molecular formula is C16H14F3NO2. The first kappa shape index (κ1) is 15.9. The number of hydrogen-bond donors (Lipinski definition) is 1. The molecular weight excluding hydrogens is 295 g/mol. The topological polar surface area (TPSA) is 38.3 Å². The lowest BCUT2D eigenvalue weighted by Gasteiger charge is -2.10. The average Bonchev–Trinajstić information content (AvgIpc) is 2.52. The molecule has 0 aliphatic heterocycles. The molecule has 116 valence electrons. The molecule has 2 aromatic carbocycles. The summed E-state index contributed by atoms with van der Waals surface area (Å²) in [4.78, 5) is 11.7. The maximum atomic E-state index is 12.5. The van der Waals surface area contributed by atoms with Crippen molar-refractivity contribution in [1.29, 1.82) is 0 Å². The van der Waals surface area contributed by atoms with Crippen LogP contribution in [0, 0.1) is 0 Å². The maximum absolute atomic E-state index is 12.5. The molecule has 0 radical (unpaired) electrons. The number of amides is 1. The lowest BCUT2D eigenvalue weighted by Crippen LogP contribution is -2.28. The lowest BCUT2D eigenvalue weighted by molar-refractivity contribution is -0.137. The Morgan fingerprint density at radius 2 is 1.77 bits per heavy atom. The van der Waals surface area contributed by atoms with Crippen LogP contribution in [0.2, 0.25) is 0 Å². The Bertz CT molecular complexity index is 627. The quantitative estimate of drug-likeness (QED) is 0.858. The van der Waals surface area contributed by atoms with Gasteiger partial charge >= 0.3 is 6.18 Å². The Morgan fingerprint density at radius 1 is 1.05 bits per heavy atom. The van der Waals surface area contributed by atoms with E-state index >= 15 is 0 Å². The van der Waals surface area contributed by atoms with Crippen molar-refractivity contribution in [3.05, 3.63) is 65.7 Å². The van der Waals surface area contributed by atoms with Gasteiger partial charge < -0.3 is 10.1 Å². The SMILES string of the molecule is O=C(NCCOc1cccc(C(F)(F)F)c1)c1ccccc1. The number of benzene rings is 2. The van der Waals surface area contributed by atoms with Gasteiger partial charge in [-0.25, -0.2) is 0 Å². The molecule has 0 fully saturated rings. The minimum Gasteiger partial charge on any atom is -0.492 e. The first-order valence-electron chi connectivity index (χ1n) is 6.60. The molecule has 2 aromatic rings. The number of halogens is 3. The van der Waals surface area contributed by atoms with Crippen molar-refractivity contribution in [3.8, 4) is 5.75 Å². The van der Waals surface area contributed by atoms with Crippen LogP contribution in [0.15, 0.2) is 54.6 Å². The van der Waals surface area contributed by atoms with Gasteiger partial charge in [0.2, 0.25) is 0 Å². The van der Waals surface area contributed by atoms with Gasteiger partial charge in [0.05, 0.1) is 12.1 Å². The molecule has 0 spiro atoms. The van der Waals surface area contributed by atoms with Gasteiger partial charge in [0.25, 0.3) is 5.91 Å². The predicted octanol–water partition coefficient (Wildman–Crippen LogP) is 3.51. The first-order chi connectivity index (χ1) is 10.5. The van der Waals surface area contributed by atoms with E-state index in [1.165, 1.54) is 12.1 Å². The van der Waals surface area contributed by atoms with Crippen molar-refractivity contribution < 1.29 is 22.7 Å². The molecule has 0 saturated carbocycles. The summed E-state index contributed by atoms with van der Waals surface area (Å²) in [5.41, 5.74) is -0.250. The number of carbonyl (C=O) groups is 1. The molecule has 0 aliphatic rings. The summed E-state index contributed by atoms with van der Waals surface area (Å²) >= 11 is 0. The van der Waals surface area contributed by atoms with E-state index in [1.54, 1.807) is 30.3 Å². The van der Waals surface area contributed by atoms with Crippen molar-refractivity contribution >= 4 is 5.91 Å². The van der Waals surface area contributed by atoms with Crippen LogP contribution in [-0.2, 0) is 6.18 Å². The van der Waals surface area contributed by atoms with Crippen LogP contribution in [-0.4, -0.2) is 19.1 Å². The van der Waals surface area contributed by atoms with Gasteiger partial charge in [-0.3, -0.25) is 4.79 Å². The average molecular weight is 309 g/mol. The normalized spacial score (nSPS) is 11.0. The summed E-state index contributed by atoms with van der Waals surface area (Å²) < 4.78 is 42.8. The summed E-state index contributed by atoms with van der Waals surface area (Å²) in [6.07, 6.45) is -4.40. The van der Waals surface area contributed by atoms with E-state index < -0.39 is 11.7 Å². The second-order valence-electron chi connectivity index (χ2n) is 4.50. The van der Waals surface area contributed by atoms with E-state index in [0.717, 1.165) is 12.1 Å². The van der Waals surface area contributed by atoms with Gasteiger partial charge in [0.15, 0.2) is 0 Å². The molecule has 1 amide bonds. The van der Waals surface area contributed by atoms with Crippen molar-refractivity contribution in [2.24, 2.45) is 0 Å². The molecule has 0 saturated heterocycles. The highest BCUT2D eigenvalue weighted by molar-refractivity contribution is 5.94. The fourth-order valence-electron chi connectivity index (χ4n) is 1.79. The number of rotatable bonds is 5. The zero-order valence-electron chi connectivity index (χ0n) is 11.6. The summed E-state index contributed by atoms with van der Waals surface area (Å²) in [5, 5.41) is 2.63. The lowest BCUT2D eigenvalue weighted by atomic mass is 10.2. The molecule has 1 N–H and O–H groups in total. The van der Waals surface area contributed by atoms with E-state index in [0.29, 0.717) is 5.56 Å². The molecule has 0 aliphatic carbocycles. The van der Waals surface area contributed by atoms with Crippen LogP contribution in [0.1, 0.15) is 15.9 Å². The van der Waals surface area contributed by atoms with Gasteiger partial charge in [0.1, 0.15) is 12.4 Å². The van der Waals surface area contributed by atoms with E-state index in [-0.39, 0.29) is 24.8 Å². The van der Waals surface area contributed by atoms with Crippen LogP contribution in [0.4, 0.5) is 13.2 Å². The standard InChI is InChI=1S/C16H14F3NO2/c17-16(18,19)13-7-4-8-14(11-13)22-10-9-20-15(21)12-5-2-1-3-6-12/h1-8,11H,9-10H2,(H,20,21). The van der Waals surface area contributed by atoms with E-state index in [4.69, 9.17) is 4.74 Å². The summed E-state index contributed by atoms with van der Waals surface area (Å²) in [6, 6.07) is 13.2. The monoisotopic (exact) mass is 309 g/mol. The highest BCUT2D eigenvalue weighted by atomic mass is 19.4. The van der Waals surface area contributed by atoms with Gasteiger partial charge in [0, 0.05) is 5.56 Å². The molecule has 3 nitrogen and oxygen atoms in total. The molecule has 6 heteroatoms. The Hall–Kier alpha value is -2.50. The number of carbonyl (C=O) groups excluding carboxylic acids is 1. The van der Waals surface area contributed by atoms with E-state index in [2.05, 4.69) is 5.32 Å². The fourth-order valence-corrected chi connectivity index (χ4v) is 1.79. The summed E-state index contributed by atoms with van der Waals surface area (Å²) in [6.45, 7) is 0.282. The van der Waals surface area contributed by atoms with E-state index in [1.807, 2.05) is 0 Å². The number of alkyl halides is 3. The largest absolute Gasteiger partial charge is 0.492 e. The van der Waals surface area contributed by atoms with Crippen LogP contribution in [0.25, 0.3) is 0 Å². The number of nitrogens with one attached hydrogen (secondary N) is 1. The summed E-state index contributed by atoms with van der Waals surface area (Å²) in [7, 11) is 0. The molecule has 0 bridgehead atoms. The Labute approximate surface area is 125 Å². The van der Waals surface area contributed by atoms with Crippen molar-refractivity contribution in [1.82, 2.24) is 5.32 Å². The fraction of sp³-hybridized carbons (Fsp3) is 0.188. The van der Waals surface area contributed by atoms with Crippen molar-refractivity contribution in [2.45, 2.75) is 6.18 Å². The number of ether oxygens (including phenoxy) is 1. The molecule has 0 unspecified atom stereocenters. The maximum Gasteiger partial charge on any atom is 0.416 e. The zero-order chi connectivity index (χ0) is 16.0. The molecule has 0 heterocycles. The third-order valence-corrected chi connectivity index (χ3v) is 2.85. The Morgan fingerprint density at radius 3 is 2.45 bits per heavy atom. The van der Waals surface area contributed by atoms with Crippen molar-refractivity contribution in [3.63, 3.8) is 0 Å². The first-order valence-corrected chi connectivity index (χ1v) is 6.60. The van der Waals surface area contributed by atoms with Crippen LogP contribution >= 0.6 is 0 Å². The second kappa shape index (κ2) is 6.98. The third-order valence-electron chi connectivity index (χ3n) is 2.85. The third kappa shape index (κ3) is 4.51. The number of hydrogen-bond acceptors (Lipinski definition) is 2. The van der Waals surface area contributed by atoms with Crippen molar-refractivity contribution in [2.75, 3.05) is 13.2 Å². The smallest absolute Gasteiger partial charge is 0.416 e. The Balaban J connectivity index is 1.81. The predicted molar refractivity (Wildman–Crippen MR) is 75.7 cm³/mol. The highest BCUT2D eigenvalue weighted by Crippen LogP contribution is 2.31.